The second kappa shape index (κ2) is 8.01. The van der Waals surface area contributed by atoms with Gasteiger partial charge < -0.3 is 14.9 Å². The number of hydrogen-bond acceptors (Lipinski definition) is 6. The molecule has 1 aromatic rings. The van der Waals surface area contributed by atoms with E-state index in [2.05, 4.69) is 9.80 Å². The second-order valence-electron chi connectivity index (χ2n) is 7.09. The Kier molecular flexibility index (Phi) is 5.73. The number of nitro groups is 1. The van der Waals surface area contributed by atoms with Gasteiger partial charge in [0.1, 0.15) is 5.56 Å². The smallest absolute Gasteiger partial charge is 0.282 e. The second-order valence-corrected chi connectivity index (χ2v) is 7.09. The van der Waals surface area contributed by atoms with E-state index in [1.807, 2.05) is 0 Å². The summed E-state index contributed by atoms with van der Waals surface area (Å²) < 4.78 is 0. The monoisotopic (exact) mass is 362 g/mol. The molecule has 1 atom stereocenters. The normalized spacial score (nSPS) is 19.6. The van der Waals surface area contributed by atoms with Gasteiger partial charge >= 0.3 is 0 Å². The average molecular weight is 362 g/mol. The summed E-state index contributed by atoms with van der Waals surface area (Å²) in [5.41, 5.74) is 0.897. The molecule has 0 spiro atoms. The van der Waals surface area contributed by atoms with Crippen molar-refractivity contribution in [1.82, 2.24) is 9.80 Å². The fraction of sp³-hybridized carbons (Fsp3) is 0.611. The summed E-state index contributed by atoms with van der Waals surface area (Å²) in [6.07, 6.45) is 1.54. The Morgan fingerprint density at radius 2 is 1.85 bits per heavy atom. The first kappa shape index (κ1) is 18.6. The number of nitrogens with zero attached hydrogens (tertiary/aromatic N) is 4. The highest BCUT2D eigenvalue weighted by atomic mass is 16.6. The molecule has 2 aliphatic heterocycles. The molecule has 142 valence electrons. The van der Waals surface area contributed by atoms with Crippen molar-refractivity contribution in [1.29, 1.82) is 0 Å². The van der Waals surface area contributed by atoms with Crippen molar-refractivity contribution in [3.8, 4) is 0 Å². The predicted octanol–water partition coefficient (Wildman–Crippen LogP) is 1.33. The minimum absolute atomic E-state index is 0.126. The van der Waals surface area contributed by atoms with Crippen molar-refractivity contribution in [2.45, 2.75) is 25.9 Å². The zero-order chi connectivity index (χ0) is 18.7. The van der Waals surface area contributed by atoms with Crippen molar-refractivity contribution in [3.63, 3.8) is 0 Å². The lowest BCUT2D eigenvalue weighted by Crippen LogP contribution is -2.48. The van der Waals surface area contributed by atoms with Crippen molar-refractivity contribution >= 4 is 17.3 Å². The molecular weight excluding hydrogens is 336 g/mol. The van der Waals surface area contributed by atoms with E-state index < -0.39 is 4.92 Å². The van der Waals surface area contributed by atoms with Crippen molar-refractivity contribution in [2.75, 3.05) is 50.7 Å². The van der Waals surface area contributed by atoms with Gasteiger partial charge in [0.25, 0.3) is 11.6 Å². The number of amides is 1. The van der Waals surface area contributed by atoms with E-state index in [0.717, 1.165) is 44.7 Å². The number of likely N-dealkylation sites (tertiary alicyclic amines) is 1. The molecule has 0 saturated carbocycles. The number of benzene rings is 1. The summed E-state index contributed by atoms with van der Waals surface area (Å²) >= 11 is 0. The molecule has 0 aliphatic carbocycles. The zero-order valence-corrected chi connectivity index (χ0v) is 15.1. The number of rotatable bonds is 5. The van der Waals surface area contributed by atoms with Gasteiger partial charge in [-0.2, -0.15) is 0 Å². The van der Waals surface area contributed by atoms with E-state index in [9.17, 15) is 20.0 Å². The maximum atomic E-state index is 12.7. The standard InChI is InChI=1S/C18H26N4O4/c1-14(23)13-19-8-10-20(11-9-19)15-4-5-17(22(25)26)16(12-15)18(24)21-6-2-3-7-21/h4-5,12,14,23H,2-3,6-11,13H2,1H3/t14-/m1/s1. The molecule has 3 rings (SSSR count). The number of piperazine rings is 1. The van der Waals surface area contributed by atoms with E-state index in [4.69, 9.17) is 0 Å². The van der Waals surface area contributed by atoms with Crippen LogP contribution in [0.3, 0.4) is 0 Å². The van der Waals surface area contributed by atoms with Gasteiger partial charge in [0, 0.05) is 57.6 Å². The molecule has 0 bridgehead atoms. The van der Waals surface area contributed by atoms with Crippen LogP contribution in [-0.4, -0.2) is 77.7 Å². The Hall–Kier alpha value is -2.19. The van der Waals surface area contributed by atoms with Gasteiger partial charge in [0.2, 0.25) is 0 Å². The minimum atomic E-state index is -0.479. The molecular formula is C18H26N4O4. The summed E-state index contributed by atoms with van der Waals surface area (Å²) in [7, 11) is 0. The summed E-state index contributed by atoms with van der Waals surface area (Å²) in [6.45, 7) is 6.92. The van der Waals surface area contributed by atoms with Crippen LogP contribution in [0, 0.1) is 10.1 Å². The van der Waals surface area contributed by atoms with Gasteiger partial charge in [0.15, 0.2) is 0 Å². The fourth-order valence-electron chi connectivity index (χ4n) is 3.70. The molecule has 8 nitrogen and oxygen atoms in total. The number of aliphatic hydroxyl groups is 1. The van der Waals surface area contributed by atoms with Crippen LogP contribution in [-0.2, 0) is 0 Å². The van der Waals surface area contributed by atoms with E-state index in [-0.39, 0.29) is 23.3 Å². The first-order valence-electron chi connectivity index (χ1n) is 9.19. The molecule has 2 fully saturated rings. The third-order valence-corrected chi connectivity index (χ3v) is 5.06. The van der Waals surface area contributed by atoms with Gasteiger partial charge in [0.05, 0.1) is 11.0 Å². The van der Waals surface area contributed by atoms with Crippen LogP contribution in [0.5, 0.6) is 0 Å². The maximum absolute atomic E-state index is 12.7. The van der Waals surface area contributed by atoms with Gasteiger partial charge in [-0.25, -0.2) is 0 Å². The van der Waals surface area contributed by atoms with Crippen LogP contribution in [0.1, 0.15) is 30.1 Å². The maximum Gasteiger partial charge on any atom is 0.282 e. The third kappa shape index (κ3) is 4.13. The van der Waals surface area contributed by atoms with Crippen molar-refractivity contribution in [3.05, 3.63) is 33.9 Å². The summed E-state index contributed by atoms with van der Waals surface area (Å²) in [5, 5.41) is 20.9. The zero-order valence-electron chi connectivity index (χ0n) is 15.1. The van der Waals surface area contributed by atoms with Crippen LogP contribution in [0.15, 0.2) is 18.2 Å². The van der Waals surface area contributed by atoms with Crippen LogP contribution in [0.4, 0.5) is 11.4 Å². The quantitative estimate of drug-likeness (QED) is 0.628. The lowest BCUT2D eigenvalue weighted by Gasteiger charge is -2.36. The molecule has 26 heavy (non-hydrogen) atoms. The summed E-state index contributed by atoms with van der Waals surface area (Å²) in [6, 6.07) is 4.84. The van der Waals surface area contributed by atoms with Crippen LogP contribution < -0.4 is 4.90 Å². The number of carbonyl (C=O) groups is 1. The molecule has 2 saturated heterocycles. The summed E-state index contributed by atoms with van der Waals surface area (Å²) in [4.78, 5) is 29.7. The largest absolute Gasteiger partial charge is 0.392 e. The van der Waals surface area contributed by atoms with Gasteiger partial charge in [-0.3, -0.25) is 19.8 Å². The highest BCUT2D eigenvalue weighted by Gasteiger charge is 2.28. The van der Waals surface area contributed by atoms with Gasteiger partial charge in [-0.05, 0) is 31.9 Å². The molecule has 8 heteroatoms. The van der Waals surface area contributed by atoms with Crippen molar-refractivity contribution < 1.29 is 14.8 Å². The molecule has 0 radical (unpaired) electrons. The number of anilines is 1. The fourth-order valence-corrected chi connectivity index (χ4v) is 3.70. The Labute approximate surface area is 153 Å². The lowest BCUT2D eigenvalue weighted by atomic mass is 10.1. The highest BCUT2D eigenvalue weighted by molar-refractivity contribution is 5.99. The van der Waals surface area contributed by atoms with Crippen LogP contribution >= 0.6 is 0 Å². The average Bonchev–Trinajstić information content (AvgIpc) is 3.15. The highest BCUT2D eigenvalue weighted by Crippen LogP contribution is 2.28. The molecule has 2 aliphatic rings. The van der Waals surface area contributed by atoms with Gasteiger partial charge in [-0.1, -0.05) is 0 Å². The molecule has 0 aromatic heterocycles. The van der Waals surface area contributed by atoms with E-state index >= 15 is 0 Å². The van der Waals surface area contributed by atoms with Gasteiger partial charge in [-0.15, -0.1) is 0 Å². The molecule has 1 amide bonds. The Balaban J connectivity index is 1.77. The van der Waals surface area contributed by atoms with Crippen molar-refractivity contribution in [2.24, 2.45) is 0 Å². The molecule has 2 heterocycles. The molecule has 1 N–H and O–H groups in total. The number of nitro benzene ring substituents is 1. The van der Waals surface area contributed by atoms with E-state index in [1.54, 1.807) is 24.0 Å². The predicted molar refractivity (Wildman–Crippen MR) is 98.6 cm³/mol. The Morgan fingerprint density at radius 3 is 2.42 bits per heavy atom. The lowest BCUT2D eigenvalue weighted by molar-refractivity contribution is -0.385. The number of hydrogen-bond donors (Lipinski definition) is 1. The van der Waals surface area contributed by atoms with E-state index in [1.165, 1.54) is 6.07 Å². The first-order valence-corrected chi connectivity index (χ1v) is 9.19. The number of aliphatic hydroxyl groups excluding tert-OH is 1. The van der Waals surface area contributed by atoms with Crippen LogP contribution in [0.25, 0.3) is 0 Å². The number of carbonyl (C=O) groups excluding carboxylic acids is 1. The Morgan fingerprint density at radius 1 is 1.19 bits per heavy atom. The first-order chi connectivity index (χ1) is 12.5. The van der Waals surface area contributed by atoms with E-state index in [0.29, 0.717) is 19.6 Å². The minimum Gasteiger partial charge on any atom is -0.392 e. The van der Waals surface area contributed by atoms with Crippen LogP contribution in [0.2, 0.25) is 0 Å². The SMILES string of the molecule is C[C@@H](O)CN1CCN(c2ccc([N+](=O)[O-])c(C(=O)N3CCCC3)c2)CC1. The number of β-amino-alcohol motifs (C(OH)–C–C–N with tert-alkyl or cyclic N) is 1. The molecule has 0 unspecified atom stereocenters. The molecule has 1 aromatic carbocycles. The topological polar surface area (TPSA) is 90.2 Å². The third-order valence-electron chi connectivity index (χ3n) is 5.06. The Bertz CT molecular complexity index is 665. The summed E-state index contributed by atoms with van der Waals surface area (Å²) in [5.74, 6) is -0.246.